The number of nitrogens with zero attached hydrogens (tertiary/aromatic N) is 3. The lowest BCUT2D eigenvalue weighted by molar-refractivity contribution is -0.129. The monoisotopic (exact) mass is 472 g/mol. The predicted molar refractivity (Wildman–Crippen MR) is 125 cm³/mol. The Kier molecular flexibility index (Phi) is 8.35. The van der Waals surface area contributed by atoms with Crippen LogP contribution in [0.4, 0.5) is 4.39 Å². The Bertz CT molecular complexity index is 1150. The Hall–Kier alpha value is -3.04. The van der Waals surface area contributed by atoms with Crippen molar-refractivity contribution in [1.82, 2.24) is 19.4 Å². The number of halogens is 1. The number of aromatic amines is 1. The topological polar surface area (TPSA) is 86.4 Å². The van der Waals surface area contributed by atoms with Crippen LogP contribution in [0.1, 0.15) is 25.0 Å². The van der Waals surface area contributed by atoms with Gasteiger partial charge in [-0.3, -0.25) is 9.89 Å². The van der Waals surface area contributed by atoms with Crippen LogP contribution in [-0.2, 0) is 21.2 Å². The fourth-order valence-electron chi connectivity index (χ4n) is 3.40. The van der Waals surface area contributed by atoms with Gasteiger partial charge in [-0.2, -0.15) is 9.40 Å². The van der Waals surface area contributed by atoms with E-state index in [2.05, 4.69) is 16.3 Å². The number of amides is 1. The summed E-state index contributed by atoms with van der Waals surface area (Å²) in [6.07, 6.45) is 3.57. The molecule has 0 bridgehead atoms. The van der Waals surface area contributed by atoms with Gasteiger partial charge in [0.25, 0.3) is 0 Å². The molecule has 1 amide bonds. The van der Waals surface area contributed by atoms with Gasteiger partial charge < -0.3 is 4.90 Å². The average molecular weight is 473 g/mol. The third-order valence-electron chi connectivity index (χ3n) is 5.45. The molecule has 0 unspecified atom stereocenters. The van der Waals surface area contributed by atoms with Gasteiger partial charge in [-0.05, 0) is 49.6 Å². The molecule has 0 atom stereocenters. The number of hydrogen-bond acceptors (Lipinski definition) is 4. The first-order valence-corrected chi connectivity index (χ1v) is 12.3. The van der Waals surface area contributed by atoms with Gasteiger partial charge in [0.15, 0.2) is 0 Å². The zero-order valence-corrected chi connectivity index (χ0v) is 19.7. The number of carbonyl (C=O) groups is 1. The smallest absolute Gasteiger partial charge is 0.243 e. The van der Waals surface area contributed by atoms with E-state index in [9.17, 15) is 17.6 Å². The molecular weight excluding hydrogens is 443 g/mol. The van der Waals surface area contributed by atoms with Crippen molar-refractivity contribution in [3.8, 4) is 11.3 Å². The molecule has 1 heterocycles. The molecule has 0 aliphatic heterocycles. The van der Waals surface area contributed by atoms with Crippen molar-refractivity contribution in [3.63, 3.8) is 0 Å². The van der Waals surface area contributed by atoms with E-state index >= 15 is 0 Å². The molecule has 0 saturated heterocycles. The average Bonchev–Trinajstić information content (AvgIpc) is 3.28. The molecule has 33 heavy (non-hydrogen) atoms. The van der Waals surface area contributed by atoms with E-state index in [0.29, 0.717) is 6.54 Å². The second-order valence-electron chi connectivity index (χ2n) is 7.99. The molecule has 9 heteroatoms. The van der Waals surface area contributed by atoms with E-state index in [1.807, 2.05) is 30.3 Å². The first-order chi connectivity index (χ1) is 15.8. The van der Waals surface area contributed by atoms with Crippen molar-refractivity contribution in [2.24, 2.45) is 0 Å². The third kappa shape index (κ3) is 6.72. The minimum absolute atomic E-state index is 0.0453. The number of nitrogens with one attached hydrogen (secondary N) is 1. The number of likely N-dealkylation sites (N-methyl/N-ethyl adjacent to an activating group) is 2. The SMILES string of the molecule is CN(CCCCCc1cc(-c2ccccc2)n[nH]1)C(=O)CN(C)S(=O)(=O)c1ccc(F)cc1. The van der Waals surface area contributed by atoms with E-state index in [0.717, 1.165) is 59.1 Å². The van der Waals surface area contributed by atoms with E-state index < -0.39 is 15.8 Å². The fourth-order valence-corrected chi connectivity index (χ4v) is 4.52. The molecule has 1 N–H and O–H groups in total. The van der Waals surface area contributed by atoms with E-state index in [1.165, 1.54) is 19.2 Å². The normalized spacial score (nSPS) is 11.6. The van der Waals surface area contributed by atoms with Crippen molar-refractivity contribution in [1.29, 1.82) is 0 Å². The number of H-pyrrole nitrogens is 1. The van der Waals surface area contributed by atoms with Crippen molar-refractivity contribution >= 4 is 15.9 Å². The second kappa shape index (κ2) is 11.2. The number of aryl methyl sites for hydroxylation is 1. The fraction of sp³-hybridized carbons (Fsp3) is 0.333. The highest BCUT2D eigenvalue weighted by molar-refractivity contribution is 7.89. The summed E-state index contributed by atoms with van der Waals surface area (Å²) in [6, 6.07) is 16.6. The summed E-state index contributed by atoms with van der Waals surface area (Å²) in [4.78, 5) is 14.0. The lowest BCUT2D eigenvalue weighted by atomic mass is 10.1. The van der Waals surface area contributed by atoms with Gasteiger partial charge in [-0.1, -0.05) is 36.8 Å². The van der Waals surface area contributed by atoms with Crippen molar-refractivity contribution in [2.75, 3.05) is 27.2 Å². The van der Waals surface area contributed by atoms with Crippen LogP contribution in [0.5, 0.6) is 0 Å². The molecular formula is C24H29FN4O3S. The van der Waals surface area contributed by atoms with Gasteiger partial charge >= 0.3 is 0 Å². The maximum absolute atomic E-state index is 13.1. The van der Waals surface area contributed by atoms with Gasteiger partial charge in [0.1, 0.15) is 5.82 Å². The van der Waals surface area contributed by atoms with Crippen LogP contribution in [0.15, 0.2) is 65.6 Å². The van der Waals surface area contributed by atoms with Crippen LogP contribution in [0, 0.1) is 5.82 Å². The highest BCUT2D eigenvalue weighted by atomic mass is 32.2. The zero-order valence-electron chi connectivity index (χ0n) is 18.9. The second-order valence-corrected chi connectivity index (χ2v) is 10.0. The summed E-state index contributed by atoms with van der Waals surface area (Å²) in [6.45, 7) is 0.272. The molecule has 2 aromatic carbocycles. The number of rotatable bonds is 11. The minimum Gasteiger partial charge on any atom is -0.345 e. The summed E-state index contributed by atoms with van der Waals surface area (Å²) in [5.41, 5.74) is 3.08. The van der Waals surface area contributed by atoms with Gasteiger partial charge in [-0.25, -0.2) is 12.8 Å². The van der Waals surface area contributed by atoms with E-state index in [4.69, 9.17) is 0 Å². The predicted octanol–water partition coefficient (Wildman–Crippen LogP) is 3.71. The van der Waals surface area contributed by atoms with Crippen LogP contribution in [0.2, 0.25) is 0 Å². The lowest BCUT2D eigenvalue weighted by Gasteiger charge is -2.22. The molecule has 7 nitrogen and oxygen atoms in total. The number of sulfonamides is 1. The number of aromatic nitrogens is 2. The van der Waals surface area contributed by atoms with Gasteiger partial charge in [-0.15, -0.1) is 0 Å². The minimum atomic E-state index is -3.85. The zero-order chi connectivity index (χ0) is 23.8. The Morgan fingerprint density at radius 2 is 1.70 bits per heavy atom. The van der Waals surface area contributed by atoms with Crippen molar-refractivity contribution in [3.05, 3.63) is 72.2 Å². The van der Waals surface area contributed by atoms with Crippen LogP contribution >= 0.6 is 0 Å². The Balaban J connectivity index is 1.39. The van der Waals surface area contributed by atoms with Gasteiger partial charge in [0.2, 0.25) is 15.9 Å². The molecule has 3 rings (SSSR count). The van der Waals surface area contributed by atoms with E-state index in [1.54, 1.807) is 11.9 Å². The number of unbranched alkanes of at least 4 members (excludes halogenated alkanes) is 2. The van der Waals surface area contributed by atoms with E-state index in [-0.39, 0.29) is 17.3 Å². The van der Waals surface area contributed by atoms with Crippen LogP contribution < -0.4 is 0 Å². The van der Waals surface area contributed by atoms with Crippen LogP contribution in [0.3, 0.4) is 0 Å². The molecule has 0 saturated carbocycles. The molecule has 1 aromatic heterocycles. The summed E-state index contributed by atoms with van der Waals surface area (Å²) >= 11 is 0. The summed E-state index contributed by atoms with van der Waals surface area (Å²) in [5, 5.41) is 7.44. The first-order valence-electron chi connectivity index (χ1n) is 10.8. The maximum atomic E-state index is 13.1. The molecule has 0 radical (unpaired) electrons. The molecule has 0 spiro atoms. The molecule has 0 fully saturated rings. The van der Waals surface area contributed by atoms with Gasteiger partial charge in [0.05, 0.1) is 17.1 Å². The van der Waals surface area contributed by atoms with Gasteiger partial charge in [0, 0.05) is 31.9 Å². The molecule has 176 valence electrons. The Labute approximate surface area is 194 Å². The van der Waals surface area contributed by atoms with Crippen LogP contribution in [-0.4, -0.2) is 60.9 Å². The maximum Gasteiger partial charge on any atom is 0.243 e. The number of hydrogen-bond donors (Lipinski definition) is 1. The quantitative estimate of drug-likeness (QED) is 0.431. The highest BCUT2D eigenvalue weighted by Gasteiger charge is 2.24. The molecule has 3 aromatic rings. The van der Waals surface area contributed by atoms with Crippen molar-refractivity contribution in [2.45, 2.75) is 30.6 Å². The summed E-state index contributed by atoms with van der Waals surface area (Å²) in [7, 11) is -0.838. The van der Waals surface area contributed by atoms with Crippen LogP contribution in [0.25, 0.3) is 11.3 Å². The lowest BCUT2D eigenvalue weighted by Crippen LogP contribution is -2.39. The molecule has 0 aliphatic rings. The number of benzene rings is 2. The third-order valence-corrected chi connectivity index (χ3v) is 7.26. The summed E-state index contributed by atoms with van der Waals surface area (Å²) < 4.78 is 39.2. The largest absolute Gasteiger partial charge is 0.345 e. The first kappa shape index (κ1) is 24.6. The summed E-state index contributed by atoms with van der Waals surface area (Å²) in [5.74, 6) is -0.805. The standard InChI is InChI=1S/C24H29FN4O3S/c1-28(24(30)18-29(2)33(31,32)22-14-12-20(25)13-15-22)16-8-4-7-11-21-17-23(27-26-21)19-9-5-3-6-10-19/h3,5-6,9-10,12-15,17H,4,7-8,11,16,18H2,1-2H3,(H,26,27). The van der Waals surface area contributed by atoms with Crippen molar-refractivity contribution < 1.29 is 17.6 Å². The Morgan fingerprint density at radius 3 is 2.39 bits per heavy atom. The highest BCUT2D eigenvalue weighted by Crippen LogP contribution is 2.18. The Morgan fingerprint density at radius 1 is 1.00 bits per heavy atom. The molecule has 0 aliphatic carbocycles. The number of carbonyl (C=O) groups excluding carboxylic acids is 1.